The van der Waals surface area contributed by atoms with E-state index in [1.54, 1.807) is 24.3 Å². The Labute approximate surface area is 154 Å². The zero-order valence-corrected chi connectivity index (χ0v) is 14.5. The highest BCUT2D eigenvalue weighted by Gasteiger charge is 2.32. The Morgan fingerprint density at radius 2 is 1.85 bits per heavy atom. The first-order valence-electron chi connectivity index (χ1n) is 8.18. The molecule has 2 aromatic rings. The molecule has 1 fully saturated rings. The average molecular weight is 384 g/mol. The fraction of sp³-hybridized carbons (Fsp3) is 0.333. The maximum Gasteiger partial charge on any atom is 0.417 e. The van der Waals surface area contributed by atoms with E-state index in [0.717, 1.165) is 12.3 Å². The van der Waals surface area contributed by atoms with Gasteiger partial charge in [-0.05, 0) is 31.0 Å². The summed E-state index contributed by atoms with van der Waals surface area (Å²) in [5, 5.41) is 2.96. The Bertz CT molecular complexity index is 775. The lowest BCUT2D eigenvalue weighted by Gasteiger charge is -2.33. The number of hydrogen-bond acceptors (Lipinski definition) is 3. The lowest BCUT2D eigenvalue weighted by Crippen LogP contribution is -2.45. The van der Waals surface area contributed by atoms with Crippen LogP contribution in [0, 0.1) is 0 Å². The number of carbonyl (C=O) groups is 1. The summed E-state index contributed by atoms with van der Waals surface area (Å²) in [4.78, 5) is 17.9. The van der Waals surface area contributed by atoms with E-state index >= 15 is 0 Å². The van der Waals surface area contributed by atoms with E-state index in [1.165, 1.54) is 0 Å². The third kappa shape index (κ3) is 4.27. The normalized spacial score (nSPS) is 15.8. The van der Waals surface area contributed by atoms with E-state index in [-0.39, 0.29) is 17.0 Å². The number of piperidine rings is 1. The molecule has 2 heterocycles. The first-order valence-corrected chi connectivity index (χ1v) is 8.56. The van der Waals surface area contributed by atoms with E-state index in [0.29, 0.717) is 37.3 Å². The van der Waals surface area contributed by atoms with E-state index < -0.39 is 11.7 Å². The van der Waals surface area contributed by atoms with Gasteiger partial charge in [-0.15, -0.1) is 0 Å². The van der Waals surface area contributed by atoms with Gasteiger partial charge in [-0.25, -0.2) is 4.98 Å². The number of amides is 1. The lowest BCUT2D eigenvalue weighted by molar-refractivity contribution is -0.137. The van der Waals surface area contributed by atoms with Gasteiger partial charge in [0, 0.05) is 30.9 Å². The highest BCUT2D eigenvalue weighted by molar-refractivity contribution is 6.33. The number of rotatable bonds is 3. The van der Waals surface area contributed by atoms with Crippen molar-refractivity contribution in [2.45, 2.75) is 25.1 Å². The second-order valence-corrected chi connectivity index (χ2v) is 6.54. The van der Waals surface area contributed by atoms with Crippen LogP contribution in [0.1, 0.15) is 28.8 Å². The van der Waals surface area contributed by atoms with Gasteiger partial charge >= 0.3 is 6.18 Å². The topological polar surface area (TPSA) is 45.2 Å². The fourth-order valence-corrected chi connectivity index (χ4v) is 3.20. The molecule has 1 aliphatic rings. The SMILES string of the molecule is O=C(NC1CCN(c2ncc(C(F)(F)F)cc2Cl)CC1)c1ccccc1. The minimum absolute atomic E-state index is 0.00665. The van der Waals surface area contributed by atoms with E-state index in [9.17, 15) is 18.0 Å². The average Bonchev–Trinajstić information content (AvgIpc) is 2.62. The molecule has 26 heavy (non-hydrogen) atoms. The van der Waals surface area contributed by atoms with E-state index in [4.69, 9.17) is 11.6 Å². The second kappa shape index (κ2) is 7.53. The van der Waals surface area contributed by atoms with Crippen molar-refractivity contribution in [3.63, 3.8) is 0 Å². The van der Waals surface area contributed by atoms with Crippen molar-refractivity contribution in [3.05, 3.63) is 58.7 Å². The molecule has 1 saturated heterocycles. The van der Waals surface area contributed by atoms with Crippen LogP contribution in [0.5, 0.6) is 0 Å². The quantitative estimate of drug-likeness (QED) is 0.866. The first-order chi connectivity index (χ1) is 12.3. The largest absolute Gasteiger partial charge is 0.417 e. The Hall–Kier alpha value is -2.28. The number of alkyl halides is 3. The number of nitrogens with one attached hydrogen (secondary N) is 1. The molecular weight excluding hydrogens is 367 g/mol. The smallest absolute Gasteiger partial charge is 0.355 e. The van der Waals surface area contributed by atoms with Gasteiger partial charge in [-0.2, -0.15) is 13.2 Å². The number of hydrogen-bond donors (Lipinski definition) is 1. The molecule has 8 heteroatoms. The molecule has 0 unspecified atom stereocenters. The molecule has 4 nitrogen and oxygen atoms in total. The van der Waals surface area contributed by atoms with Crippen molar-refractivity contribution < 1.29 is 18.0 Å². The Morgan fingerprint density at radius 3 is 2.42 bits per heavy atom. The van der Waals surface area contributed by atoms with Gasteiger partial charge in [0.25, 0.3) is 5.91 Å². The van der Waals surface area contributed by atoms with Crippen molar-refractivity contribution >= 4 is 23.3 Å². The minimum Gasteiger partial charge on any atom is -0.355 e. The zero-order chi connectivity index (χ0) is 18.7. The number of pyridine rings is 1. The van der Waals surface area contributed by atoms with Crippen LogP contribution in [0.3, 0.4) is 0 Å². The van der Waals surface area contributed by atoms with Gasteiger partial charge in [0.05, 0.1) is 10.6 Å². The van der Waals surface area contributed by atoms with Crippen molar-refractivity contribution in [1.29, 1.82) is 0 Å². The van der Waals surface area contributed by atoms with Crippen molar-refractivity contribution in [2.75, 3.05) is 18.0 Å². The summed E-state index contributed by atoms with van der Waals surface area (Å²) < 4.78 is 38.1. The van der Waals surface area contributed by atoms with Gasteiger partial charge in [0.2, 0.25) is 0 Å². The summed E-state index contributed by atoms with van der Waals surface area (Å²) in [7, 11) is 0. The number of anilines is 1. The van der Waals surface area contributed by atoms with Crippen molar-refractivity contribution in [3.8, 4) is 0 Å². The molecule has 1 amide bonds. The molecule has 0 atom stereocenters. The number of nitrogens with zero attached hydrogens (tertiary/aromatic N) is 2. The van der Waals surface area contributed by atoms with E-state index in [1.807, 2.05) is 11.0 Å². The third-order valence-electron chi connectivity index (χ3n) is 4.31. The number of carbonyl (C=O) groups excluding carboxylic acids is 1. The monoisotopic (exact) mass is 383 g/mol. The molecule has 3 rings (SSSR count). The van der Waals surface area contributed by atoms with Crippen LogP contribution in [0.4, 0.5) is 19.0 Å². The second-order valence-electron chi connectivity index (χ2n) is 6.13. The van der Waals surface area contributed by atoms with Gasteiger partial charge in [-0.1, -0.05) is 29.8 Å². The van der Waals surface area contributed by atoms with Crippen LogP contribution < -0.4 is 10.2 Å². The molecule has 0 bridgehead atoms. The van der Waals surface area contributed by atoms with Crippen LogP contribution in [-0.2, 0) is 6.18 Å². The predicted molar refractivity (Wildman–Crippen MR) is 93.4 cm³/mol. The van der Waals surface area contributed by atoms with Crippen LogP contribution >= 0.6 is 11.6 Å². The molecule has 0 saturated carbocycles. The number of aromatic nitrogens is 1. The molecule has 0 aliphatic carbocycles. The maximum absolute atomic E-state index is 12.7. The summed E-state index contributed by atoms with van der Waals surface area (Å²) in [5.74, 6) is 0.210. The Kier molecular flexibility index (Phi) is 5.36. The Balaban J connectivity index is 1.59. The third-order valence-corrected chi connectivity index (χ3v) is 4.59. The minimum atomic E-state index is -4.47. The first kappa shape index (κ1) is 18.5. The summed E-state index contributed by atoms with van der Waals surface area (Å²) in [5.41, 5.74) is -0.265. The van der Waals surface area contributed by atoms with Gasteiger partial charge in [-0.3, -0.25) is 4.79 Å². The van der Waals surface area contributed by atoms with Crippen LogP contribution in [0.25, 0.3) is 0 Å². The highest BCUT2D eigenvalue weighted by atomic mass is 35.5. The molecule has 138 valence electrons. The van der Waals surface area contributed by atoms with Crippen LogP contribution in [0.2, 0.25) is 5.02 Å². The molecule has 0 spiro atoms. The lowest BCUT2D eigenvalue weighted by atomic mass is 10.0. The van der Waals surface area contributed by atoms with Crippen molar-refractivity contribution in [1.82, 2.24) is 10.3 Å². The summed E-state index contributed by atoms with van der Waals surface area (Å²) in [6.07, 6.45) is -2.34. The van der Waals surface area contributed by atoms with Gasteiger partial charge in [0.15, 0.2) is 0 Å². The molecule has 1 aromatic carbocycles. The van der Waals surface area contributed by atoms with Crippen molar-refractivity contribution in [2.24, 2.45) is 0 Å². The summed E-state index contributed by atoms with van der Waals surface area (Å²) in [6.45, 7) is 1.11. The molecule has 1 aromatic heterocycles. The number of halogens is 4. The summed E-state index contributed by atoms with van der Waals surface area (Å²) in [6, 6.07) is 9.84. The number of benzene rings is 1. The van der Waals surface area contributed by atoms with Gasteiger partial charge < -0.3 is 10.2 Å². The molecule has 1 N–H and O–H groups in total. The standard InChI is InChI=1S/C18H17ClF3N3O/c19-15-10-13(18(20,21)22)11-23-16(15)25-8-6-14(7-9-25)24-17(26)12-4-2-1-3-5-12/h1-5,10-11,14H,6-9H2,(H,24,26). The predicted octanol–water partition coefficient (Wildman–Crippen LogP) is 4.15. The molecular formula is C18H17ClF3N3O. The van der Waals surface area contributed by atoms with Crippen LogP contribution in [0.15, 0.2) is 42.6 Å². The Morgan fingerprint density at radius 1 is 1.19 bits per heavy atom. The fourth-order valence-electron chi connectivity index (χ4n) is 2.91. The highest BCUT2D eigenvalue weighted by Crippen LogP contribution is 2.34. The summed E-state index contributed by atoms with van der Waals surface area (Å²) >= 11 is 6.00. The van der Waals surface area contributed by atoms with Crippen LogP contribution in [-0.4, -0.2) is 30.0 Å². The van der Waals surface area contributed by atoms with Gasteiger partial charge in [0.1, 0.15) is 5.82 Å². The molecule has 0 radical (unpaired) electrons. The van der Waals surface area contributed by atoms with E-state index in [2.05, 4.69) is 10.3 Å². The maximum atomic E-state index is 12.7. The molecule has 1 aliphatic heterocycles. The zero-order valence-electron chi connectivity index (χ0n) is 13.8.